The van der Waals surface area contributed by atoms with Crippen molar-refractivity contribution in [1.82, 2.24) is 10.2 Å². The van der Waals surface area contributed by atoms with Crippen molar-refractivity contribution in [3.8, 4) is 0 Å². The van der Waals surface area contributed by atoms with Crippen molar-refractivity contribution < 1.29 is 9.18 Å². The first-order valence-corrected chi connectivity index (χ1v) is 7.96. The molecule has 26 heavy (non-hydrogen) atoms. The zero-order chi connectivity index (χ0) is 17.5. The van der Waals surface area contributed by atoms with E-state index >= 15 is 0 Å². The van der Waals surface area contributed by atoms with Crippen molar-refractivity contribution in [2.75, 3.05) is 20.6 Å². The minimum absolute atomic E-state index is 0. The number of likely N-dealkylation sites (N-methyl/N-ethyl adjacent to an activating group) is 1. The molecular formula is C19H26Cl2FN3O. The quantitative estimate of drug-likeness (QED) is 0.749. The Hall–Kier alpha value is -1.66. The van der Waals surface area contributed by atoms with Crippen LogP contribution in [0.2, 0.25) is 0 Å². The molecule has 0 aliphatic carbocycles. The molecule has 0 aliphatic heterocycles. The Labute approximate surface area is 166 Å². The van der Waals surface area contributed by atoms with Crippen molar-refractivity contribution in [3.63, 3.8) is 0 Å². The maximum atomic E-state index is 13.1. The van der Waals surface area contributed by atoms with Gasteiger partial charge >= 0.3 is 0 Å². The molecule has 0 bridgehead atoms. The lowest BCUT2D eigenvalue weighted by atomic mass is 10.0. The van der Waals surface area contributed by atoms with Gasteiger partial charge in [-0.3, -0.25) is 4.79 Å². The van der Waals surface area contributed by atoms with Gasteiger partial charge in [0.1, 0.15) is 5.82 Å². The van der Waals surface area contributed by atoms with Crippen LogP contribution in [0.4, 0.5) is 4.39 Å². The fourth-order valence-corrected chi connectivity index (χ4v) is 2.57. The Kier molecular flexibility index (Phi) is 11.1. The Bertz CT molecular complexity index is 654. The predicted octanol–water partition coefficient (Wildman–Crippen LogP) is 2.96. The van der Waals surface area contributed by atoms with Gasteiger partial charge in [0.15, 0.2) is 0 Å². The number of benzene rings is 2. The summed E-state index contributed by atoms with van der Waals surface area (Å²) in [7, 11) is 3.84. The lowest BCUT2D eigenvalue weighted by Gasteiger charge is -2.25. The fourth-order valence-electron chi connectivity index (χ4n) is 2.57. The molecule has 0 heterocycles. The highest BCUT2D eigenvalue weighted by Crippen LogP contribution is 2.17. The molecule has 3 N–H and O–H groups in total. The predicted molar refractivity (Wildman–Crippen MR) is 108 cm³/mol. The number of nitrogens with two attached hydrogens (primary N) is 1. The van der Waals surface area contributed by atoms with Gasteiger partial charge in [-0.1, -0.05) is 42.5 Å². The second-order valence-electron chi connectivity index (χ2n) is 6.07. The minimum Gasteiger partial charge on any atom is -0.353 e. The standard InChI is InChI=1S/C19H24FN3O.2ClH/c1-23(2)18(15-8-10-16(20)11-9-15)13-22-19(24)17(21)12-14-6-4-3-5-7-14;;/h3-11,17-18H,12-13,21H2,1-2H3,(H,22,24);2*1H. The zero-order valence-corrected chi connectivity index (χ0v) is 16.5. The number of amides is 1. The molecule has 2 unspecified atom stereocenters. The van der Waals surface area contributed by atoms with E-state index in [0.717, 1.165) is 11.1 Å². The zero-order valence-electron chi connectivity index (χ0n) is 14.9. The van der Waals surface area contributed by atoms with Gasteiger partial charge in [-0.15, -0.1) is 24.8 Å². The Balaban J connectivity index is 0.00000312. The number of halogens is 3. The van der Waals surface area contributed by atoms with Crippen LogP contribution in [0, 0.1) is 5.82 Å². The van der Waals surface area contributed by atoms with E-state index in [0.29, 0.717) is 13.0 Å². The molecule has 7 heteroatoms. The van der Waals surface area contributed by atoms with E-state index in [4.69, 9.17) is 5.73 Å². The van der Waals surface area contributed by atoms with Crippen LogP contribution in [0.1, 0.15) is 17.2 Å². The van der Waals surface area contributed by atoms with Crippen molar-refractivity contribution in [2.24, 2.45) is 5.73 Å². The average Bonchev–Trinajstić information content (AvgIpc) is 2.57. The minimum atomic E-state index is -0.594. The van der Waals surface area contributed by atoms with Gasteiger partial charge < -0.3 is 16.0 Å². The number of rotatable bonds is 7. The number of nitrogens with zero attached hydrogens (tertiary/aromatic N) is 1. The first-order chi connectivity index (χ1) is 11.5. The molecule has 1 amide bonds. The Morgan fingerprint density at radius 3 is 2.19 bits per heavy atom. The van der Waals surface area contributed by atoms with Crippen LogP contribution in [-0.2, 0) is 11.2 Å². The van der Waals surface area contributed by atoms with Crippen LogP contribution in [0.25, 0.3) is 0 Å². The highest BCUT2D eigenvalue weighted by atomic mass is 35.5. The summed E-state index contributed by atoms with van der Waals surface area (Å²) in [6.07, 6.45) is 0.496. The third-order valence-electron chi connectivity index (χ3n) is 3.98. The van der Waals surface area contributed by atoms with Crippen LogP contribution in [-0.4, -0.2) is 37.5 Å². The number of carbonyl (C=O) groups is 1. The third-order valence-corrected chi connectivity index (χ3v) is 3.98. The van der Waals surface area contributed by atoms with E-state index < -0.39 is 6.04 Å². The number of hydrogen-bond donors (Lipinski definition) is 2. The number of carbonyl (C=O) groups excluding carboxylic acids is 1. The van der Waals surface area contributed by atoms with E-state index in [1.807, 2.05) is 49.3 Å². The molecule has 0 spiro atoms. The molecular weight excluding hydrogens is 376 g/mol. The van der Waals surface area contributed by atoms with Crippen LogP contribution < -0.4 is 11.1 Å². The summed E-state index contributed by atoms with van der Waals surface area (Å²) in [5, 5.41) is 2.90. The highest BCUT2D eigenvalue weighted by molar-refractivity contribution is 5.85. The summed E-state index contributed by atoms with van der Waals surface area (Å²) in [5.41, 5.74) is 7.97. The van der Waals surface area contributed by atoms with Crippen LogP contribution >= 0.6 is 24.8 Å². The molecule has 0 aliphatic rings. The van der Waals surface area contributed by atoms with Gasteiger partial charge in [0, 0.05) is 6.54 Å². The molecule has 0 saturated heterocycles. The van der Waals surface area contributed by atoms with Crippen molar-refractivity contribution in [1.29, 1.82) is 0 Å². The summed E-state index contributed by atoms with van der Waals surface area (Å²) < 4.78 is 13.1. The highest BCUT2D eigenvalue weighted by Gasteiger charge is 2.18. The van der Waals surface area contributed by atoms with Crippen molar-refractivity contribution >= 4 is 30.7 Å². The maximum Gasteiger partial charge on any atom is 0.237 e. The van der Waals surface area contributed by atoms with Gasteiger partial charge in [-0.2, -0.15) is 0 Å². The molecule has 2 rings (SSSR count). The summed E-state index contributed by atoms with van der Waals surface area (Å²) in [5.74, 6) is -0.460. The van der Waals surface area contributed by atoms with E-state index in [2.05, 4.69) is 5.32 Å². The second kappa shape index (κ2) is 11.9. The first-order valence-electron chi connectivity index (χ1n) is 7.96. The van der Waals surface area contributed by atoms with Crippen LogP contribution in [0.5, 0.6) is 0 Å². The van der Waals surface area contributed by atoms with Gasteiger partial charge in [0.2, 0.25) is 5.91 Å². The normalized spacial score (nSPS) is 12.5. The number of hydrogen-bond acceptors (Lipinski definition) is 3. The largest absolute Gasteiger partial charge is 0.353 e. The van der Waals surface area contributed by atoms with E-state index in [1.54, 1.807) is 12.1 Å². The second-order valence-corrected chi connectivity index (χ2v) is 6.07. The van der Waals surface area contributed by atoms with Gasteiger partial charge in [-0.25, -0.2) is 4.39 Å². The molecule has 0 saturated carbocycles. The Morgan fingerprint density at radius 2 is 1.65 bits per heavy atom. The van der Waals surface area contributed by atoms with Crippen LogP contribution in [0.3, 0.4) is 0 Å². The molecule has 0 radical (unpaired) electrons. The summed E-state index contributed by atoms with van der Waals surface area (Å²) >= 11 is 0. The summed E-state index contributed by atoms with van der Waals surface area (Å²) in [6.45, 7) is 0.417. The van der Waals surface area contributed by atoms with E-state index in [9.17, 15) is 9.18 Å². The summed E-state index contributed by atoms with van der Waals surface area (Å²) in [6, 6.07) is 15.4. The van der Waals surface area contributed by atoms with Gasteiger partial charge in [-0.05, 0) is 43.8 Å². The number of nitrogens with one attached hydrogen (secondary N) is 1. The molecule has 2 aromatic rings. The van der Waals surface area contributed by atoms with Gasteiger partial charge in [0.25, 0.3) is 0 Å². The van der Waals surface area contributed by atoms with Crippen LogP contribution in [0.15, 0.2) is 54.6 Å². The molecule has 2 aromatic carbocycles. The fraction of sp³-hybridized carbons (Fsp3) is 0.316. The van der Waals surface area contributed by atoms with E-state index in [-0.39, 0.29) is 42.6 Å². The van der Waals surface area contributed by atoms with Crippen molar-refractivity contribution in [3.05, 3.63) is 71.5 Å². The maximum absolute atomic E-state index is 13.1. The lowest BCUT2D eigenvalue weighted by Crippen LogP contribution is -2.44. The van der Waals surface area contributed by atoms with Gasteiger partial charge in [0.05, 0.1) is 12.1 Å². The average molecular weight is 402 g/mol. The topological polar surface area (TPSA) is 58.4 Å². The Morgan fingerprint density at radius 1 is 1.08 bits per heavy atom. The SMILES string of the molecule is CN(C)C(CNC(=O)C(N)Cc1ccccc1)c1ccc(F)cc1.Cl.Cl. The molecule has 144 valence electrons. The molecule has 2 atom stereocenters. The first kappa shape index (κ1) is 24.3. The molecule has 4 nitrogen and oxygen atoms in total. The lowest BCUT2D eigenvalue weighted by molar-refractivity contribution is -0.122. The van der Waals surface area contributed by atoms with Crippen molar-refractivity contribution in [2.45, 2.75) is 18.5 Å². The molecule has 0 fully saturated rings. The third kappa shape index (κ3) is 7.30. The summed E-state index contributed by atoms with van der Waals surface area (Å²) in [4.78, 5) is 14.2. The monoisotopic (exact) mass is 401 g/mol. The molecule has 0 aromatic heterocycles. The van der Waals surface area contributed by atoms with E-state index in [1.165, 1.54) is 12.1 Å². The smallest absolute Gasteiger partial charge is 0.237 e.